The van der Waals surface area contributed by atoms with Crippen molar-refractivity contribution in [2.24, 2.45) is 0 Å². The zero-order valence-electron chi connectivity index (χ0n) is 16.7. The Bertz CT molecular complexity index is 961. The molecule has 31 heavy (non-hydrogen) atoms. The third-order valence-corrected chi connectivity index (χ3v) is 5.30. The lowest BCUT2D eigenvalue weighted by Gasteiger charge is -2.35. The van der Waals surface area contributed by atoms with E-state index in [0.717, 1.165) is 12.1 Å². The third-order valence-electron chi connectivity index (χ3n) is 5.05. The van der Waals surface area contributed by atoms with Gasteiger partial charge in [-0.25, -0.2) is 8.78 Å². The molecule has 1 saturated heterocycles. The van der Waals surface area contributed by atoms with Gasteiger partial charge in [0, 0.05) is 55.3 Å². The Kier molecular flexibility index (Phi) is 7.57. The van der Waals surface area contributed by atoms with Gasteiger partial charge in [0.25, 0.3) is 11.8 Å². The Hall–Kier alpha value is -3.00. The third kappa shape index (κ3) is 6.01. The normalized spacial score (nSPS) is 13.8. The van der Waals surface area contributed by atoms with Crippen molar-refractivity contribution in [2.45, 2.75) is 12.8 Å². The van der Waals surface area contributed by atoms with Crippen LogP contribution in [0.25, 0.3) is 0 Å². The number of carbonyl (C=O) groups excluding carboxylic acids is 3. The summed E-state index contributed by atoms with van der Waals surface area (Å²) in [6, 6.07) is 9.58. The van der Waals surface area contributed by atoms with E-state index in [0.29, 0.717) is 49.7 Å². The van der Waals surface area contributed by atoms with Crippen molar-refractivity contribution >= 4 is 29.3 Å². The van der Waals surface area contributed by atoms with Crippen molar-refractivity contribution in [3.05, 3.63) is 70.2 Å². The zero-order chi connectivity index (χ0) is 22.4. The van der Waals surface area contributed by atoms with E-state index >= 15 is 0 Å². The number of halogens is 3. The van der Waals surface area contributed by atoms with Crippen LogP contribution in [-0.2, 0) is 4.79 Å². The van der Waals surface area contributed by atoms with Crippen molar-refractivity contribution in [2.75, 3.05) is 32.7 Å². The monoisotopic (exact) mass is 449 g/mol. The van der Waals surface area contributed by atoms with Crippen LogP contribution in [-0.4, -0.2) is 60.2 Å². The van der Waals surface area contributed by atoms with Gasteiger partial charge < -0.3 is 15.1 Å². The lowest BCUT2D eigenvalue weighted by molar-refractivity contribution is -0.132. The maximum Gasteiger partial charge on any atom is 0.254 e. The highest BCUT2D eigenvalue weighted by molar-refractivity contribution is 6.30. The number of nitrogens with one attached hydrogen (secondary N) is 1. The maximum atomic E-state index is 13.4. The average Bonchev–Trinajstić information content (AvgIpc) is 2.78. The molecule has 0 saturated carbocycles. The van der Waals surface area contributed by atoms with Gasteiger partial charge in [0.2, 0.25) is 5.91 Å². The number of amides is 3. The van der Waals surface area contributed by atoms with Crippen molar-refractivity contribution in [1.29, 1.82) is 0 Å². The van der Waals surface area contributed by atoms with Crippen LogP contribution >= 0.6 is 11.6 Å². The summed E-state index contributed by atoms with van der Waals surface area (Å²) in [5.41, 5.74) is 0.577. The van der Waals surface area contributed by atoms with Crippen LogP contribution in [0.4, 0.5) is 8.78 Å². The summed E-state index contributed by atoms with van der Waals surface area (Å²) in [7, 11) is 0. The summed E-state index contributed by atoms with van der Waals surface area (Å²) in [6.07, 6.45) is 0.768. The molecule has 2 aromatic carbocycles. The summed E-state index contributed by atoms with van der Waals surface area (Å²) in [6.45, 7) is 1.73. The first-order valence-corrected chi connectivity index (χ1v) is 10.3. The topological polar surface area (TPSA) is 69.7 Å². The van der Waals surface area contributed by atoms with Crippen LogP contribution in [0.2, 0.25) is 5.02 Å². The predicted molar refractivity (Wildman–Crippen MR) is 112 cm³/mol. The van der Waals surface area contributed by atoms with Gasteiger partial charge in [0.05, 0.1) is 0 Å². The van der Waals surface area contributed by atoms with Crippen molar-refractivity contribution in [1.82, 2.24) is 15.1 Å². The molecule has 0 bridgehead atoms. The van der Waals surface area contributed by atoms with Crippen LogP contribution in [0.5, 0.6) is 0 Å². The standard InChI is InChI=1S/C22H22ClF2N3O3/c23-17-6-3-15(4-7-17)21(30)26-9-1-2-20(29)27-10-12-28(13-11-27)22(31)16-5-8-18(24)19(25)14-16/h3-8,14H,1-2,9-13H2,(H,26,30). The fraction of sp³-hybridized carbons (Fsp3) is 0.318. The van der Waals surface area contributed by atoms with Gasteiger partial charge in [-0.05, 0) is 48.9 Å². The molecule has 1 N–H and O–H groups in total. The van der Waals surface area contributed by atoms with E-state index in [4.69, 9.17) is 11.6 Å². The molecular weight excluding hydrogens is 428 g/mol. The van der Waals surface area contributed by atoms with Crippen LogP contribution < -0.4 is 5.32 Å². The molecule has 0 aliphatic carbocycles. The van der Waals surface area contributed by atoms with E-state index in [-0.39, 0.29) is 23.8 Å². The highest BCUT2D eigenvalue weighted by Crippen LogP contribution is 2.14. The summed E-state index contributed by atoms with van der Waals surface area (Å²) < 4.78 is 26.4. The minimum atomic E-state index is -1.07. The Morgan fingerprint density at radius 1 is 0.871 bits per heavy atom. The van der Waals surface area contributed by atoms with E-state index in [1.807, 2.05) is 0 Å². The van der Waals surface area contributed by atoms with Gasteiger partial charge in [-0.3, -0.25) is 14.4 Å². The molecule has 0 radical (unpaired) electrons. The van der Waals surface area contributed by atoms with E-state index in [9.17, 15) is 23.2 Å². The van der Waals surface area contributed by atoms with Crippen LogP contribution in [0.1, 0.15) is 33.6 Å². The molecule has 9 heteroatoms. The van der Waals surface area contributed by atoms with Crippen LogP contribution in [0.3, 0.4) is 0 Å². The molecule has 0 atom stereocenters. The molecule has 1 aliphatic heterocycles. The van der Waals surface area contributed by atoms with E-state index in [1.165, 1.54) is 11.0 Å². The summed E-state index contributed by atoms with van der Waals surface area (Å²) >= 11 is 5.80. The minimum Gasteiger partial charge on any atom is -0.352 e. The molecular formula is C22H22ClF2N3O3. The highest BCUT2D eigenvalue weighted by Gasteiger charge is 2.25. The Balaban J connectivity index is 1.39. The molecule has 1 heterocycles. The first-order chi connectivity index (χ1) is 14.8. The molecule has 3 rings (SSSR count). The lowest BCUT2D eigenvalue weighted by atomic mass is 10.1. The van der Waals surface area contributed by atoms with Gasteiger partial charge in [-0.2, -0.15) is 0 Å². The minimum absolute atomic E-state index is 0.0549. The van der Waals surface area contributed by atoms with Crippen molar-refractivity contribution in [3.8, 4) is 0 Å². The van der Waals surface area contributed by atoms with Crippen LogP contribution in [0.15, 0.2) is 42.5 Å². The summed E-state index contributed by atoms with van der Waals surface area (Å²) in [5, 5.41) is 3.31. The predicted octanol–water partition coefficient (Wildman–Crippen LogP) is 3.11. The van der Waals surface area contributed by atoms with Gasteiger partial charge >= 0.3 is 0 Å². The first-order valence-electron chi connectivity index (χ1n) is 9.91. The van der Waals surface area contributed by atoms with E-state index in [1.54, 1.807) is 29.2 Å². The molecule has 6 nitrogen and oxygen atoms in total. The number of hydrogen-bond acceptors (Lipinski definition) is 3. The molecule has 2 aromatic rings. The summed E-state index contributed by atoms with van der Waals surface area (Å²) in [4.78, 5) is 40.0. The molecule has 3 amide bonds. The molecule has 164 valence electrons. The van der Waals surface area contributed by atoms with E-state index in [2.05, 4.69) is 5.32 Å². The summed E-state index contributed by atoms with van der Waals surface area (Å²) in [5.74, 6) is -2.75. The second-order valence-electron chi connectivity index (χ2n) is 7.17. The largest absolute Gasteiger partial charge is 0.352 e. The smallest absolute Gasteiger partial charge is 0.254 e. The molecule has 1 aliphatic rings. The second-order valence-corrected chi connectivity index (χ2v) is 7.60. The second kappa shape index (κ2) is 10.3. The number of hydrogen-bond donors (Lipinski definition) is 1. The number of carbonyl (C=O) groups is 3. The van der Waals surface area contributed by atoms with Gasteiger partial charge in [-0.15, -0.1) is 0 Å². The number of piperazine rings is 1. The van der Waals surface area contributed by atoms with Crippen molar-refractivity contribution in [3.63, 3.8) is 0 Å². The van der Waals surface area contributed by atoms with Gasteiger partial charge in [0.15, 0.2) is 11.6 Å². The molecule has 0 spiro atoms. The Morgan fingerprint density at radius 2 is 1.48 bits per heavy atom. The SMILES string of the molecule is O=C(NCCCC(=O)N1CCN(C(=O)c2ccc(F)c(F)c2)CC1)c1ccc(Cl)cc1. The number of nitrogens with zero attached hydrogens (tertiary/aromatic N) is 2. The fourth-order valence-electron chi connectivity index (χ4n) is 3.27. The van der Waals surface area contributed by atoms with Crippen LogP contribution in [0, 0.1) is 11.6 Å². The van der Waals surface area contributed by atoms with Crippen molar-refractivity contribution < 1.29 is 23.2 Å². The van der Waals surface area contributed by atoms with E-state index < -0.39 is 17.5 Å². The Labute approximate surface area is 183 Å². The molecule has 0 aromatic heterocycles. The lowest BCUT2D eigenvalue weighted by Crippen LogP contribution is -2.50. The highest BCUT2D eigenvalue weighted by atomic mass is 35.5. The average molecular weight is 450 g/mol. The quantitative estimate of drug-likeness (QED) is 0.689. The van der Waals surface area contributed by atoms with Gasteiger partial charge in [-0.1, -0.05) is 11.6 Å². The molecule has 0 unspecified atom stereocenters. The molecule has 1 fully saturated rings. The number of benzene rings is 2. The fourth-order valence-corrected chi connectivity index (χ4v) is 3.40. The van der Waals surface area contributed by atoms with Gasteiger partial charge in [0.1, 0.15) is 0 Å². The first kappa shape index (κ1) is 22.7. The zero-order valence-corrected chi connectivity index (χ0v) is 17.5. The maximum absolute atomic E-state index is 13.4. The Morgan fingerprint density at radius 3 is 2.13 bits per heavy atom. The number of rotatable bonds is 6.